The maximum Gasteiger partial charge on any atom is 0.240 e. The van der Waals surface area contributed by atoms with Gasteiger partial charge in [0.25, 0.3) is 0 Å². The first-order valence-electron chi connectivity index (χ1n) is 7.25. The quantitative estimate of drug-likeness (QED) is 0.807. The fourth-order valence-electron chi connectivity index (χ4n) is 2.08. The molecule has 0 spiro atoms. The molecule has 0 bridgehead atoms. The van der Waals surface area contributed by atoms with Gasteiger partial charge >= 0.3 is 0 Å². The highest BCUT2D eigenvalue weighted by molar-refractivity contribution is 7.89. The van der Waals surface area contributed by atoms with Crippen LogP contribution in [-0.2, 0) is 10.0 Å². The number of halogens is 1. The number of ether oxygens (including phenoxy) is 1. The lowest BCUT2D eigenvalue weighted by Gasteiger charge is -2.11. The number of nitrogens with one attached hydrogen (secondary N) is 1. The minimum absolute atomic E-state index is 0.192. The first-order chi connectivity index (χ1) is 10.8. The minimum Gasteiger partial charge on any atom is -0.492 e. The second-order valence-corrected chi connectivity index (χ2v) is 7.61. The van der Waals surface area contributed by atoms with Crippen molar-refractivity contribution in [2.24, 2.45) is 0 Å². The molecule has 0 unspecified atom stereocenters. The summed E-state index contributed by atoms with van der Waals surface area (Å²) in [5.74, 6) is 0.694. The Balaban J connectivity index is 1.93. The van der Waals surface area contributed by atoms with E-state index < -0.39 is 10.0 Å². The van der Waals surface area contributed by atoms with Crippen molar-refractivity contribution in [1.29, 1.82) is 0 Å². The summed E-state index contributed by atoms with van der Waals surface area (Å²) < 4.78 is 32.6. The van der Waals surface area contributed by atoms with E-state index in [0.29, 0.717) is 10.8 Å². The van der Waals surface area contributed by atoms with E-state index in [1.165, 1.54) is 0 Å². The van der Waals surface area contributed by atoms with Crippen molar-refractivity contribution in [2.45, 2.75) is 25.7 Å². The van der Waals surface area contributed by atoms with E-state index >= 15 is 0 Å². The monoisotopic (exact) mass is 353 g/mol. The molecule has 0 saturated carbocycles. The number of aryl methyl sites for hydroxylation is 3. The van der Waals surface area contributed by atoms with Crippen LogP contribution >= 0.6 is 11.6 Å². The number of rotatable bonds is 6. The second kappa shape index (κ2) is 7.34. The third-order valence-electron chi connectivity index (χ3n) is 3.58. The predicted molar refractivity (Wildman–Crippen MR) is 92.8 cm³/mol. The Bertz CT molecular complexity index is 803. The average Bonchev–Trinajstić information content (AvgIpc) is 2.48. The lowest BCUT2D eigenvalue weighted by molar-refractivity contribution is 0.320. The highest BCUT2D eigenvalue weighted by Gasteiger charge is 2.14. The second-order valence-electron chi connectivity index (χ2n) is 5.40. The number of hydrogen-bond donors (Lipinski definition) is 1. The Morgan fingerprint density at radius 1 is 1.00 bits per heavy atom. The largest absolute Gasteiger partial charge is 0.492 e. The van der Waals surface area contributed by atoms with Crippen molar-refractivity contribution < 1.29 is 13.2 Å². The molecule has 0 aliphatic rings. The molecule has 0 aromatic heterocycles. The van der Waals surface area contributed by atoms with Gasteiger partial charge in [0.1, 0.15) is 12.4 Å². The minimum atomic E-state index is -3.52. The summed E-state index contributed by atoms with van der Waals surface area (Å²) in [6.45, 7) is 6.16. The van der Waals surface area contributed by atoms with Crippen molar-refractivity contribution in [3.63, 3.8) is 0 Å². The van der Waals surface area contributed by atoms with Crippen molar-refractivity contribution >= 4 is 21.6 Å². The van der Waals surface area contributed by atoms with E-state index in [9.17, 15) is 8.42 Å². The van der Waals surface area contributed by atoms with Gasteiger partial charge in [0, 0.05) is 11.6 Å². The normalized spacial score (nSPS) is 11.5. The fourth-order valence-corrected chi connectivity index (χ4v) is 3.40. The molecule has 0 radical (unpaired) electrons. The lowest BCUT2D eigenvalue weighted by Crippen LogP contribution is -2.28. The molecule has 124 valence electrons. The number of sulfonamides is 1. The van der Waals surface area contributed by atoms with Gasteiger partial charge in [-0.2, -0.15) is 0 Å². The lowest BCUT2D eigenvalue weighted by atomic mass is 10.1. The molecule has 4 nitrogen and oxygen atoms in total. The molecule has 2 rings (SSSR count). The van der Waals surface area contributed by atoms with Crippen LogP contribution in [0.1, 0.15) is 16.7 Å². The summed E-state index contributed by atoms with van der Waals surface area (Å²) in [6, 6.07) is 10.4. The first kappa shape index (κ1) is 17.8. The summed E-state index contributed by atoms with van der Waals surface area (Å²) in [5.41, 5.74) is 2.92. The fraction of sp³-hybridized carbons (Fsp3) is 0.294. The Kier molecular flexibility index (Phi) is 5.68. The predicted octanol–water partition coefficient (Wildman–Crippen LogP) is 3.62. The summed E-state index contributed by atoms with van der Waals surface area (Å²) in [5, 5.41) is 0.644. The van der Waals surface area contributed by atoms with Gasteiger partial charge in [-0.25, -0.2) is 13.1 Å². The van der Waals surface area contributed by atoms with Crippen molar-refractivity contribution in [3.8, 4) is 5.75 Å². The smallest absolute Gasteiger partial charge is 0.240 e. The SMILES string of the molecule is Cc1ccc(S(=O)(=O)NCCOc2ccc(Cl)cc2C)cc1C. The molecule has 0 aliphatic heterocycles. The third-order valence-corrected chi connectivity index (χ3v) is 5.27. The van der Waals surface area contributed by atoms with Gasteiger partial charge in [0.2, 0.25) is 10.0 Å². The zero-order valence-electron chi connectivity index (χ0n) is 13.4. The first-order valence-corrected chi connectivity index (χ1v) is 9.11. The van der Waals surface area contributed by atoms with E-state index in [0.717, 1.165) is 16.7 Å². The molecule has 0 atom stereocenters. The topological polar surface area (TPSA) is 55.4 Å². The molecule has 23 heavy (non-hydrogen) atoms. The Morgan fingerprint density at radius 3 is 2.39 bits per heavy atom. The van der Waals surface area contributed by atoms with Crippen LogP contribution in [0.3, 0.4) is 0 Å². The van der Waals surface area contributed by atoms with Gasteiger partial charge in [-0.05, 0) is 67.8 Å². The van der Waals surface area contributed by atoms with Crippen LogP contribution < -0.4 is 9.46 Å². The molecule has 0 heterocycles. The molecule has 0 saturated heterocycles. The molecule has 0 aliphatic carbocycles. The zero-order valence-corrected chi connectivity index (χ0v) is 15.0. The van der Waals surface area contributed by atoms with Gasteiger partial charge in [-0.15, -0.1) is 0 Å². The molecule has 0 amide bonds. The molecule has 1 N–H and O–H groups in total. The molecular formula is C17H20ClNO3S. The number of hydrogen-bond acceptors (Lipinski definition) is 3. The van der Waals surface area contributed by atoms with Crippen LogP contribution in [-0.4, -0.2) is 21.6 Å². The van der Waals surface area contributed by atoms with E-state index in [1.54, 1.807) is 36.4 Å². The van der Waals surface area contributed by atoms with E-state index in [-0.39, 0.29) is 18.0 Å². The van der Waals surface area contributed by atoms with E-state index in [2.05, 4.69) is 4.72 Å². The Labute approximate surface area is 142 Å². The van der Waals surface area contributed by atoms with Crippen LogP contribution in [0.25, 0.3) is 0 Å². The summed E-state index contributed by atoms with van der Waals surface area (Å²) in [7, 11) is -3.52. The number of benzene rings is 2. The summed E-state index contributed by atoms with van der Waals surface area (Å²) >= 11 is 5.88. The van der Waals surface area contributed by atoms with Crippen molar-refractivity contribution in [2.75, 3.05) is 13.2 Å². The standard InChI is InChI=1S/C17H20ClNO3S/c1-12-4-6-16(11-13(12)2)23(20,21)19-8-9-22-17-7-5-15(18)10-14(17)3/h4-7,10-11,19H,8-9H2,1-3H3. The van der Waals surface area contributed by atoms with Crippen LogP contribution in [0.5, 0.6) is 5.75 Å². The van der Waals surface area contributed by atoms with Crippen molar-refractivity contribution in [3.05, 3.63) is 58.1 Å². The van der Waals surface area contributed by atoms with Crippen LogP contribution in [0.2, 0.25) is 5.02 Å². The van der Waals surface area contributed by atoms with Gasteiger partial charge < -0.3 is 4.74 Å². The zero-order chi connectivity index (χ0) is 17.0. The Hall–Kier alpha value is -1.56. The molecular weight excluding hydrogens is 334 g/mol. The van der Waals surface area contributed by atoms with Gasteiger partial charge in [0.15, 0.2) is 0 Å². The molecule has 0 fully saturated rings. The van der Waals surface area contributed by atoms with Crippen molar-refractivity contribution in [1.82, 2.24) is 4.72 Å². The average molecular weight is 354 g/mol. The maximum absolute atomic E-state index is 12.2. The van der Waals surface area contributed by atoms with Crippen LogP contribution in [0, 0.1) is 20.8 Å². The highest BCUT2D eigenvalue weighted by atomic mass is 35.5. The van der Waals surface area contributed by atoms with E-state index in [1.807, 2.05) is 20.8 Å². The van der Waals surface area contributed by atoms with Gasteiger partial charge in [0.05, 0.1) is 4.90 Å². The maximum atomic E-state index is 12.2. The summed E-state index contributed by atoms with van der Waals surface area (Å²) in [4.78, 5) is 0.267. The molecule has 6 heteroatoms. The van der Waals surface area contributed by atoms with Gasteiger partial charge in [-0.3, -0.25) is 0 Å². The summed E-state index contributed by atoms with van der Waals surface area (Å²) in [6.07, 6.45) is 0. The van der Waals surface area contributed by atoms with Crippen LogP contribution in [0.15, 0.2) is 41.3 Å². The molecule has 2 aromatic rings. The molecule has 2 aromatic carbocycles. The third kappa shape index (κ3) is 4.70. The Morgan fingerprint density at radius 2 is 1.74 bits per heavy atom. The van der Waals surface area contributed by atoms with Gasteiger partial charge in [-0.1, -0.05) is 17.7 Å². The van der Waals surface area contributed by atoms with E-state index in [4.69, 9.17) is 16.3 Å². The van der Waals surface area contributed by atoms with Crippen LogP contribution in [0.4, 0.5) is 0 Å². The highest BCUT2D eigenvalue weighted by Crippen LogP contribution is 2.21.